The molecule has 0 spiro atoms. The van der Waals surface area contributed by atoms with E-state index in [9.17, 15) is 4.79 Å². The van der Waals surface area contributed by atoms with Gasteiger partial charge in [0.1, 0.15) is 0 Å². The molecule has 1 rings (SSSR count). The standard InChI is InChI=1S/C6H5NO2.Ca.Cr.2H/c8-6(9)5-2-1-3-7-4-5;;;;/h1-4H,(H,8,9);;;;. The first-order chi connectivity index (χ1) is 4.30. The van der Waals surface area contributed by atoms with Crippen LogP contribution in [0.1, 0.15) is 10.4 Å². The van der Waals surface area contributed by atoms with E-state index in [1.165, 1.54) is 18.5 Å². The van der Waals surface area contributed by atoms with Crippen molar-refractivity contribution in [3.63, 3.8) is 0 Å². The third-order valence-electron chi connectivity index (χ3n) is 0.908. The van der Waals surface area contributed by atoms with Gasteiger partial charge in [0.25, 0.3) is 0 Å². The Morgan fingerprint density at radius 1 is 1.55 bits per heavy atom. The zero-order chi connectivity index (χ0) is 6.69. The number of aromatic carboxylic acids is 1. The summed E-state index contributed by atoms with van der Waals surface area (Å²) >= 11 is 0. The molecule has 5 heteroatoms. The average Bonchev–Trinajstić information content (AvgIpc) is 1.90. The topological polar surface area (TPSA) is 50.2 Å². The summed E-state index contributed by atoms with van der Waals surface area (Å²) in [6, 6.07) is 3.08. The van der Waals surface area contributed by atoms with E-state index in [4.69, 9.17) is 5.11 Å². The predicted molar refractivity (Wildman–Crippen MR) is 39.7 cm³/mol. The van der Waals surface area contributed by atoms with Crippen LogP contribution in [-0.2, 0) is 17.4 Å². The van der Waals surface area contributed by atoms with Crippen molar-refractivity contribution in [2.45, 2.75) is 0 Å². The number of carboxylic acids is 1. The van der Waals surface area contributed by atoms with Crippen molar-refractivity contribution in [1.29, 1.82) is 0 Å². The van der Waals surface area contributed by atoms with Gasteiger partial charge in [-0.05, 0) is 12.1 Å². The normalized spacial score (nSPS) is 7.27. The summed E-state index contributed by atoms with van der Waals surface area (Å²) in [6.45, 7) is 0. The summed E-state index contributed by atoms with van der Waals surface area (Å²) < 4.78 is 0. The minimum Gasteiger partial charge on any atom is 0 e. The summed E-state index contributed by atoms with van der Waals surface area (Å²) in [5.41, 5.74) is 0.220. The van der Waals surface area contributed by atoms with Gasteiger partial charge >= 0.3 is 43.7 Å². The number of carbonyl (C=O) groups is 1. The number of pyridine rings is 1. The van der Waals surface area contributed by atoms with Gasteiger partial charge in [0.05, 0.1) is 5.56 Å². The molecule has 0 aliphatic carbocycles. The van der Waals surface area contributed by atoms with Crippen LogP contribution in [0.25, 0.3) is 0 Å². The van der Waals surface area contributed by atoms with Gasteiger partial charge in [-0.2, -0.15) is 0 Å². The molecule has 0 atom stereocenters. The maximum atomic E-state index is 10.2. The van der Waals surface area contributed by atoms with E-state index < -0.39 is 5.97 Å². The Bertz CT molecular complexity index is 217. The Labute approximate surface area is 105 Å². The number of hydrogen-bond acceptors (Lipinski definition) is 2. The van der Waals surface area contributed by atoms with Crippen molar-refractivity contribution >= 4 is 43.7 Å². The summed E-state index contributed by atoms with van der Waals surface area (Å²) in [6.07, 6.45) is 2.84. The Hall–Kier alpha value is 0.412. The van der Waals surface area contributed by atoms with Crippen molar-refractivity contribution in [2.75, 3.05) is 0 Å². The second-order valence-electron chi connectivity index (χ2n) is 1.55. The number of rotatable bonds is 1. The van der Waals surface area contributed by atoms with Crippen molar-refractivity contribution in [2.24, 2.45) is 0 Å². The molecule has 0 amide bonds. The maximum absolute atomic E-state index is 10.2. The van der Waals surface area contributed by atoms with E-state index in [0.29, 0.717) is 0 Å². The summed E-state index contributed by atoms with van der Waals surface area (Å²) in [5, 5.41) is 8.34. The molecule has 3 nitrogen and oxygen atoms in total. The zero-order valence-electron chi connectivity index (χ0n) is 5.02. The Morgan fingerprint density at radius 3 is 2.45 bits per heavy atom. The molecule has 11 heavy (non-hydrogen) atoms. The molecular formula is C6H7CaCrNO2. The fourth-order valence-electron chi connectivity index (χ4n) is 0.489. The number of carboxylic acid groups (broad SMARTS) is 1. The first kappa shape index (κ1) is 14.0. The summed E-state index contributed by atoms with van der Waals surface area (Å²) in [4.78, 5) is 13.8. The molecule has 0 radical (unpaired) electrons. The second-order valence-corrected chi connectivity index (χ2v) is 1.55. The quantitative estimate of drug-likeness (QED) is 0.666. The fraction of sp³-hybridized carbons (Fsp3) is 0. The molecule has 56 valence electrons. The van der Waals surface area contributed by atoms with E-state index in [1.807, 2.05) is 0 Å². The molecule has 0 aromatic carbocycles. The second kappa shape index (κ2) is 7.08. The van der Waals surface area contributed by atoms with Crippen LogP contribution in [0.15, 0.2) is 24.5 Å². The Kier molecular flexibility index (Phi) is 8.99. The Balaban J connectivity index is 0. The van der Waals surface area contributed by atoms with Gasteiger partial charge in [0.2, 0.25) is 0 Å². The van der Waals surface area contributed by atoms with Crippen LogP contribution in [0, 0.1) is 0 Å². The number of hydrogen-bond donors (Lipinski definition) is 1. The molecule has 1 aromatic rings. The monoisotopic (exact) mass is 217 g/mol. The Morgan fingerprint density at radius 2 is 2.18 bits per heavy atom. The van der Waals surface area contributed by atoms with Gasteiger partial charge in [-0.15, -0.1) is 0 Å². The van der Waals surface area contributed by atoms with E-state index >= 15 is 0 Å². The summed E-state index contributed by atoms with van der Waals surface area (Å²) in [5.74, 6) is -0.942. The minimum absolute atomic E-state index is 0. The minimum atomic E-state index is -0.942. The van der Waals surface area contributed by atoms with Crippen LogP contribution >= 0.6 is 0 Å². The third-order valence-corrected chi connectivity index (χ3v) is 0.908. The van der Waals surface area contributed by atoms with Crippen molar-refractivity contribution < 1.29 is 27.3 Å². The van der Waals surface area contributed by atoms with E-state index in [0.717, 1.165) is 0 Å². The van der Waals surface area contributed by atoms with Crippen LogP contribution < -0.4 is 0 Å². The molecule has 0 bridgehead atoms. The van der Waals surface area contributed by atoms with Gasteiger partial charge in [-0.25, -0.2) is 4.79 Å². The first-order valence-electron chi connectivity index (χ1n) is 2.44. The molecule has 1 aromatic heterocycles. The molecule has 0 fully saturated rings. The molecular weight excluding hydrogens is 210 g/mol. The zero-order valence-corrected chi connectivity index (χ0v) is 6.30. The van der Waals surface area contributed by atoms with Gasteiger partial charge in [0.15, 0.2) is 0 Å². The molecule has 1 N–H and O–H groups in total. The molecule has 0 aliphatic rings. The average molecular weight is 217 g/mol. The van der Waals surface area contributed by atoms with Crippen LogP contribution in [0.2, 0.25) is 0 Å². The van der Waals surface area contributed by atoms with E-state index in [-0.39, 0.29) is 60.7 Å². The molecule has 1 heterocycles. The molecule has 0 saturated heterocycles. The van der Waals surface area contributed by atoms with Crippen molar-refractivity contribution in [3.05, 3.63) is 30.1 Å². The van der Waals surface area contributed by atoms with Crippen molar-refractivity contribution in [3.8, 4) is 0 Å². The number of aromatic nitrogens is 1. The smallest absolute Gasteiger partial charge is 0 e. The van der Waals surface area contributed by atoms with Crippen LogP contribution in [0.3, 0.4) is 0 Å². The molecule has 0 unspecified atom stereocenters. The SMILES string of the molecule is O=C(O)c1cccnc1.[CaH2].[Cr]. The summed E-state index contributed by atoms with van der Waals surface area (Å²) in [7, 11) is 0. The van der Waals surface area contributed by atoms with Gasteiger partial charge in [-0.1, -0.05) is 0 Å². The maximum Gasteiger partial charge on any atom is 0 e. The largest absolute Gasteiger partial charge is 0 e. The van der Waals surface area contributed by atoms with E-state index in [1.54, 1.807) is 6.07 Å². The third kappa shape index (κ3) is 4.78. The fourth-order valence-corrected chi connectivity index (χ4v) is 0.489. The van der Waals surface area contributed by atoms with Crippen LogP contribution in [0.4, 0.5) is 0 Å². The van der Waals surface area contributed by atoms with Gasteiger partial charge in [-0.3, -0.25) is 4.98 Å². The predicted octanol–water partition coefficient (Wildman–Crippen LogP) is -0.139. The van der Waals surface area contributed by atoms with Crippen LogP contribution in [0.5, 0.6) is 0 Å². The molecule has 0 saturated carbocycles. The van der Waals surface area contributed by atoms with Gasteiger partial charge in [0, 0.05) is 29.8 Å². The van der Waals surface area contributed by atoms with Crippen LogP contribution in [-0.4, -0.2) is 53.8 Å². The van der Waals surface area contributed by atoms with Crippen molar-refractivity contribution in [1.82, 2.24) is 4.98 Å². The molecule has 0 aliphatic heterocycles. The van der Waals surface area contributed by atoms with E-state index in [2.05, 4.69) is 4.98 Å². The number of nitrogens with zero attached hydrogens (tertiary/aromatic N) is 1. The first-order valence-corrected chi connectivity index (χ1v) is 2.44. The van der Waals surface area contributed by atoms with Gasteiger partial charge < -0.3 is 5.11 Å².